The number of nitrogens with zero attached hydrogens (tertiary/aromatic N) is 5. The van der Waals surface area contributed by atoms with Gasteiger partial charge in [-0.2, -0.15) is 8.42 Å². The molecule has 4 heterocycles. The number of imidazole rings is 1. The van der Waals surface area contributed by atoms with Crippen LogP contribution in [0.15, 0.2) is 70.6 Å². The number of anilines is 1. The van der Waals surface area contributed by atoms with Gasteiger partial charge in [-0.1, -0.05) is 11.2 Å². The van der Waals surface area contributed by atoms with Gasteiger partial charge in [-0.25, -0.2) is 23.8 Å². The van der Waals surface area contributed by atoms with Gasteiger partial charge in [0.1, 0.15) is 23.4 Å². The minimum absolute atomic E-state index is 0.202. The molecule has 0 unspecified atom stereocenters. The van der Waals surface area contributed by atoms with Gasteiger partial charge >= 0.3 is 10.1 Å². The van der Waals surface area contributed by atoms with Crippen molar-refractivity contribution in [3.05, 3.63) is 95.0 Å². The summed E-state index contributed by atoms with van der Waals surface area (Å²) in [5.41, 5.74) is 5.84. The van der Waals surface area contributed by atoms with E-state index in [1.807, 2.05) is 42.0 Å². The summed E-state index contributed by atoms with van der Waals surface area (Å²) in [4.78, 5) is 16.1. The summed E-state index contributed by atoms with van der Waals surface area (Å²) >= 11 is 1.41. The van der Waals surface area contributed by atoms with Gasteiger partial charge in [-0.05, 0) is 80.8 Å². The van der Waals surface area contributed by atoms with E-state index in [1.54, 1.807) is 29.3 Å². The van der Waals surface area contributed by atoms with Gasteiger partial charge in [0, 0.05) is 22.6 Å². The van der Waals surface area contributed by atoms with E-state index >= 15 is 0 Å². The maximum absolute atomic E-state index is 14.4. The fourth-order valence-electron chi connectivity index (χ4n) is 5.69. The number of hydrogen-bond acceptors (Lipinski definition) is 10. The topological polar surface area (TPSA) is 113 Å². The van der Waals surface area contributed by atoms with Gasteiger partial charge in [-0.3, -0.25) is 9.40 Å². The molecule has 236 valence electrons. The van der Waals surface area contributed by atoms with Crippen LogP contribution < -0.4 is 9.25 Å². The van der Waals surface area contributed by atoms with Crippen molar-refractivity contribution < 1.29 is 30.7 Å². The molecule has 0 bridgehead atoms. The Bertz CT molecular complexity index is 2170. The van der Waals surface area contributed by atoms with E-state index in [-0.39, 0.29) is 5.75 Å². The van der Waals surface area contributed by atoms with Crippen molar-refractivity contribution in [2.45, 2.75) is 32.7 Å². The van der Waals surface area contributed by atoms with Gasteiger partial charge in [-0.15, -0.1) is 11.3 Å². The van der Waals surface area contributed by atoms with E-state index in [0.717, 1.165) is 52.7 Å². The first-order chi connectivity index (χ1) is 22.1. The lowest BCUT2D eigenvalue weighted by Gasteiger charge is -2.35. The Labute approximate surface area is 266 Å². The summed E-state index contributed by atoms with van der Waals surface area (Å²) in [5.74, 6) is -0.399. The molecular weight excluding hydrogens is 637 g/mol. The second-order valence-electron chi connectivity index (χ2n) is 11.0. The standard InChI is InChI=1S/C32H27F2N5O5S2/c1-18-30(19(2)43-37-18)21-8-13-28-26(15-21)35-31(29-5-4-14-42-39(29)22-9-12-24(33)25(34)16-22)38(28)32-36-27(17-45-32)20-6-10-23(11-7-20)44-46(3,40)41/h6-13,15-17,29H,4-5,14H2,1-3H3/t29-/m0/s1. The molecule has 0 saturated carbocycles. The molecule has 0 spiro atoms. The first kappa shape index (κ1) is 30.0. The second-order valence-corrected chi connectivity index (χ2v) is 13.4. The van der Waals surface area contributed by atoms with E-state index in [4.69, 9.17) is 23.5 Å². The predicted octanol–water partition coefficient (Wildman–Crippen LogP) is 7.31. The lowest BCUT2D eigenvalue weighted by molar-refractivity contribution is 0.0454. The van der Waals surface area contributed by atoms with Gasteiger partial charge < -0.3 is 8.71 Å². The highest BCUT2D eigenvalue weighted by Crippen LogP contribution is 2.39. The number of rotatable bonds is 7. The molecule has 7 rings (SSSR count). The summed E-state index contributed by atoms with van der Waals surface area (Å²) in [7, 11) is -3.65. The van der Waals surface area contributed by atoms with Gasteiger partial charge in [0.25, 0.3) is 0 Å². The van der Waals surface area contributed by atoms with E-state index in [2.05, 4.69) is 5.16 Å². The zero-order valence-corrected chi connectivity index (χ0v) is 26.5. The van der Waals surface area contributed by atoms with E-state index < -0.39 is 27.8 Å². The minimum Gasteiger partial charge on any atom is -0.383 e. The molecule has 1 fully saturated rings. The highest BCUT2D eigenvalue weighted by Gasteiger charge is 2.32. The molecule has 46 heavy (non-hydrogen) atoms. The van der Waals surface area contributed by atoms with Gasteiger partial charge in [0.15, 0.2) is 16.8 Å². The van der Waals surface area contributed by atoms with Gasteiger partial charge in [0.05, 0.1) is 41.0 Å². The highest BCUT2D eigenvalue weighted by molar-refractivity contribution is 7.86. The van der Waals surface area contributed by atoms with Crippen LogP contribution in [0.5, 0.6) is 5.75 Å². The molecule has 1 aliphatic heterocycles. The van der Waals surface area contributed by atoms with Crippen LogP contribution in [0.3, 0.4) is 0 Å². The molecule has 10 nitrogen and oxygen atoms in total. The molecule has 3 aromatic heterocycles. The number of hydroxylamine groups is 1. The largest absolute Gasteiger partial charge is 0.383 e. The van der Waals surface area contributed by atoms with Crippen molar-refractivity contribution >= 4 is 38.2 Å². The van der Waals surface area contributed by atoms with Crippen LogP contribution in [0.4, 0.5) is 14.5 Å². The molecule has 3 aromatic carbocycles. The molecule has 1 aliphatic rings. The Kier molecular flexibility index (Phi) is 7.57. The SMILES string of the molecule is Cc1noc(C)c1-c1ccc2c(c1)nc([C@@H]1CCCON1c1ccc(F)c(F)c1)n2-c1nc(-c2ccc(OS(C)(=O)=O)cc2)cs1. The van der Waals surface area contributed by atoms with Crippen LogP contribution >= 0.6 is 11.3 Å². The number of hydrogen-bond donors (Lipinski definition) is 0. The number of aromatic nitrogens is 4. The highest BCUT2D eigenvalue weighted by atomic mass is 32.2. The van der Waals surface area contributed by atoms with Crippen LogP contribution in [-0.2, 0) is 15.0 Å². The fourth-order valence-corrected chi connectivity index (χ4v) is 7.00. The van der Waals surface area contributed by atoms with Crippen molar-refractivity contribution in [1.29, 1.82) is 0 Å². The Morgan fingerprint density at radius 1 is 0.978 bits per heavy atom. The Morgan fingerprint density at radius 3 is 2.48 bits per heavy atom. The summed E-state index contributed by atoms with van der Waals surface area (Å²) in [6, 6.07) is 15.8. The van der Waals surface area contributed by atoms with E-state index in [1.165, 1.54) is 17.4 Å². The summed E-state index contributed by atoms with van der Waals surface area (Å²) < 4.78 is 63.6. The maximum Gasteiger partial charge on any atom is 0.306 e. The lowest BCUT2D eigenvalue weighted by Crippen LogP contribution is -2.35. The number of fused-ring (bicyclic) bond motifs is 1. The third kappa shape index (κ3) is 5.63. The summed E-state index contributed by atoms with van der Waals surface area (Å²) in [6.45, 7) is 4.15. The molecule has 0 radical (unpaired) electrons. The van der Waals surface area contributed by atoms with Crippen molar-refractivity contribution in [2.75, 3.05) is 17.9 Å². The molecule has 0 amide bonds. The van der Waals surface area contributed by atoms with Crippen LogP contribution in [0.25, 0.3) is 38.5 Å². The minimum atomic E-state index is -3.65. The van der Waals surface area contributed by atoms with Crippen molar-refractivity contribution in [3.63, 3.8) is 0 Å². The molecule has 14 heteroatoms. The van der Waals surface area contributed by atoms with Gasteiger partial charge in [0.2, 0.25) is 0 Å². The average Bonchev–Trinajstić information content (AvgIpc) is 3.74. The van der Waals surface area contributed by atoms with Crippen molar-refractivity contribution in [1.82, 2.24) is 19.7 Å². The number of halogens is 2. The third-order valence-electron chi connectivity index (χ3n) is 7.67. The predicted molar refractivity (Wildman–Crippen MR) is 169 cm³/mol. The van der Waals surface area contributed by atoms with E-state index in [0.29, 0.717) is 46.6 Å². The van der Waals surface area contributed by atoms with Crippen LogP contribution in [-0.4, -0.2) is 41.0 Å². The Hall–Kier alpha value is -4.66. The van der Waals surface area contributed by atoms with Crippen LogP contribution in [0.1, 0.15) is 36.2 Å². The molecule has 1 atom stereocenters. The average molecular weight is 664 g/mol. The van der Waals surface area contributed by atoms with Crippen LogP contribution in [0.2, 0.25) is 0 Å². The quantitative estimate of drug-likeness (QED) is 0.162. The van der Waals surface area contributed by atoms with Crippen molar-refractivity contribution in [2.24, 2.45) is 0 Å². The lowest BCUT2D eigenvalue weighted by atomic mass is 10.0. The number of thiazole rings is 1. The molecular formula is C32H27F2N5O5S2. The molecule has 6 aromatic rings. The third-order valence-corrected chi connectivity index (χ3v) is 9.00. The zero-order valence-electron chi connectivity index (χ0n) is 24.9. The Balaban J connectivity index is 1.35. The zero-order chi connectivity index (χ0) is 32.2. The monoisotopic (exact) mass is 663 g/mol. The van der Waals surface area contributed by atoms with Crippen molar-refractivity contribution in [3.8, 4) is 33.3 Å². The van der Waals surface area contributed by atoms with E-state index in [9.17, 15) is 17.2 Å². The van der Waals surface area contributed by atoms with Crippen LogP contribution in [0, 0.1) is 25.5 Å². The Morgan fingerprint density at radius 2 is 1.76 bits per heavy atom. The first-order valence-corrected chi connectivity index (χ1v) is 17.0. The fraction of sp³-hybridized carbons (Fsp3) is 0.219. The normalized spacial score (nSPS) is 15.5. The smallest absolute Gasteiger partial charge is 0.306 e. The summed E-state index contributed by atoms with van der Waals surface area (Å²) in [6.07, 6.45) is 2.35. The summed E-state index contributed by atoms with van der Waals surface area (Å²) in [5, 5.41) is 8.22. The number of benzene rings is 3. The number of aryl methyl sites for hydroxylation is 2. The second kappa shape index (κ2) is 11.6. The first-order valence-electron chi connectivity index (χ1n) is 14.3. The maximum atomic E-state index is 14.4. The molecule has 0 aliphatic carbocycles. The molecule has 1 saturated heterocycles. The molecule has 0 N–H and O–H groups in total.